The molecule has 0 unspecified atom stereocenters. The molecule has 1 amide bonds. The smallest absolute Gasteiger partial charge is 0.248 e. The second-order valence-electron chi connectivity index (χ2n) is 9.69. The molecular weight excluding hydrogens is 488 g/mol. The van der Waals surface area contributed by atoms with E-state index in [9.17, 15) is 22.0 Å². The number of hydrogen-bond donors (Lipinski definition) is 1. The highest BCUT2D eigenvalue weighted by molar-refractivity contribution is 7.89. The average Bonchev–Trinajstić information content (AvgIpc) is 3.21. The Kier molecular flexibility index (Phi) is 8.56. The van der Waals surface area contributed by atoms with Crippen LogP contribution in [0, 0.1) is 24.5 Å². The Hall–Kier alpha value is -2.59. The molecule has 1 aromatic carbocycles. The summed E-state index contributed by atoms with van der Waals surface area (Å²) in [6.45, 7) is 1.96. The van der Waals surface area contributed by atoms with Crippen LogP contribution < -0.4 is 5.32 Å². The van der Waals surface area contributed by atoms with E-state index in [-0.39, 0.29) is 52.9 Å². The van der Waals surface area contributed by atoms with Crippen molar-refractivity contribution in [3.05, 3.63) is 46.9 Å². The van der Waals surface area contributed by atoms with Crippen molar-refractivity contribution in [3.63, 3.8) is 0 Å². The van der Waals surface area contributed by atoms with E-state index in [1.807, 2.05) is 0 Å². The molecule has 2 heterocycles. The van der Waals surface area contributed by atoms with Gasteiger partial charge in [0, 0.05) is 36.7 Å². The summed E-state index contributed by atoms with van der Waals surface area (Å²) in [7, 11) is -3.95. The zero-order valence-corrected chi connectivity index (χ0v) is 21.3. The Morgan fingerprint density at radius 2 is 1.72 bits per heavy atom. The number of nitrogens with one attached hydrogen (secondary N) is 1. The number of halogens is 2. The SMILES string of the molecule is Cc1noc(C=Cc2ccc(F)cc2F)c1S(=O)(=O)N1CCC(C(=O)NC2CCCCCCC2)CC1. The zero-order valence-electron chi connectivity index (χ0n) is 20.5. The summed E-state index contributed by atoms with van der Waals surface area (Å²) in [6, 6.07) is 3.33. The zero-order chi connectivity index (χ0) is 25.7. The second-order valence-corrected chi connectivity index (χ2v) is 11.6. The van der Waals surface area contributed by atoms with Crippen LogP contribution in [0.2, 0.25) is 0 Å². The number of benzene rings is 1. The molecule has 1 saturated carbocycles. The van der Waals surface area contributed by atoms with E-state index >= 15 is 0 Å². The van der Waals surface area contributed by atoms with Crippen LogP contribution in [0.5, 0.6) is 0 Å². The summed E-state index contributed by atoms with van der Waals surface area (Å²) in [4.78, 5) is 12.8. The van der Waals surface area contributed by atoms with Gasteiger partial charge in [0.1, 0.15) is 17.3 Å². The van der Waals surface area contributed by atoms with Gasteiger partial charge in [-0.2, -0.15) is 4.31 Å². The lowest BCUT2D eigenvalue weighted by molar-refractivity contribution is -0.127. The van der Waals surface area contributed by atoms with E-state index < -0.39 is 21.7 Å². The van der Waals surface area contributed by atoms with Crippen molar-refractivity contribution in [2.24, 2.45) is 5.92 Å². The minimum atomic E-state index is -3.95. The van der Waals surface area contributed by atoms with Crippen LogP contribution in [0.4, 0.5) is 8.78 Å². The summed E-state index contributed by atoms with van der Waals surface area (Å²) >= 11 is 0. The number of hydrogen-bond acceptors (Lipinski definition) is 5. The number of rotatable bonds is 6. The number of carbonyl (C=O) groups excluding carboxylic acids is 1. The van der Waals surface area contributed by atoms with Crippen molar-refractivity contribution < 1.29 is 26.5 Å². The van der Waals surface area contributed by atoms with Crippen molar-refractivity contribution in [3.8, 4) is 0 Å². The molecule has 10 heteroatoms. The maximum Gasteiger partial charge on any atom is 0.248 e. The number of sulfonamides is 1. The lowest BCUT2D eigenvalue weighted by Gasteiger charge is -2.31. The largest absolute Gasteiger partial charge is 0.355 e. The molecule has 4 rings (SSSR count). The monoisotopic (exact) mass is 521 g/mol. The minimum absolute atomic E-state index is 0.0173. The van der Waals surface area contributed by atoms with Gasteiger partial charge in [-0.1, -0.05) is 37.3 Å². The molecule has 1 aliphatic carbocycles. The number of piperidine rings is 1. The third-order valence-electron chi connectivity index (χ3n) is 7.08. The van der Waals surface area contributed by atoms with E-state index in [1.165, 1.54) is 48.7 Å². The van der Waals surface area contributed by atoms with Gasteiger partial charge in [0.05, 0.1) is 0 Å². The Morgan fingerprint density at radius 3 is 2.39 bits per heavy atom. The molecule has 1 N–H and O–H groups in total. The molecule has 36 heavy (non-hydrogen) atoms. The quantitative estimate of drug-likeness (QED) is 0.574. The predicted molar refractivity (Wildman–Crippen MR) is 132 cm³/mol. The van der Waals surface area contributed by atoms with Gasteiger partial charge in [0.15, 0.2) is 10.7 Å². The average molecular weight is 522 g/mol. The predicted octanol–water partition coefficient (Wildman–Crippen LogP) is 5.06. The van der Waals surface area contributed by atoms with E-state index in [0.29, 0.717) is 12.8 Å². The van der Waals surface area contributed by atoms with Crippen LogP contribution in [0.1, 0.15) is 74.8 Å². The van der Waals surface area contributed by atoms with Crippen LogP contribution in [0.3, 0.4) is 0 Å². The second kappa shape index (κ2) is 11.6. The summed E-state index contributed by atoms with van der Waals surface area (Å²) in [5.41, 5.74) is 0.281. The van der Waals surface area contributed by atoms with Crippen LogP contribution in [-0.4, -0.2) is 42.9 Å². The van der Waals surface area contributed by atoms with Gasteiger partial charge < -0.3 is 9.84 Å². The van der Waals surface area contributed by atoms with Crippen molar-refractivity contribution in [1.82, 2.24) is 14.8 Å². The highest BCUT2D eigenvalue weighted by Crippen LogP contribution is 2.30. The van der Waals surface area contributed by atoms with Gasteiger partial charge in [-0.15, -0.1) is 0 Å². The minimum Gasteiger partial charge on any atom is -0.355 e. The van der Waals surface area contributed by atoms with E-state index in [2.05, 4.69) is 10.5 Å². The lowest BCUT2D eigenvalue weighted by Crippen LogP contribution is -2.45. The van der Waals surface area contributed by atoms with Gasteiger partial charge in [-0.05, 0) is 56.9 Å². The normalized spacial score (nSPS) is 19.3. The fraction of sp³-hybridized carbons (Fsp3) is 0.538. The maximum atomic E-state index is 14.0. The molecule has 2 fully saturated rings. The molecule has 1 aliphatic heterocycles. The van der Waals surface area contributed by atoms with E-state index in [1.54, 1.807) is 0 Å². The molecule has 0 atom stereocenters. The summed E-state index contributed by atoms with van der Waals surface area (Å²) in [5, 5.41) is 7.00. The number of aryl methyl sites for hydroxylation is 1. The van der Waals surface area contributed by atoms with Gasteiger partial charge in [0.25, 0.3) is 0 Å². The van der Waals surface area contributed by atoms with E-state index in [4.69, 9.17) is 4.52 Å². The number of amides is 1. The molecule has 0 bridgehead atoms. The first-order chi connectivity index (χ1) is 17.3. The Bertz CT molecular complexity index is 1200. The van der Waals surface area contributed by atoms with Gasteiger partial charge in [-0.25, -0.2) is 17.2 Å². The molecule has 196 valence electrons. The van der Waals surface area contributed by atoms with Gasteiger partial charge >= 0.3 is 0 Å². The third-order valence-corrected chi connectivity index (χ3v) is 9.14. The third kappa shape index (κ3) is 6.21. The fourth-order valence-electron chi connectivity index (χ4n) is 5.01. The van der Waals surface area contributed by atoms with Gasteiger partial charge in [0.2, 0.25) is 15.9 Å². The maximum absolute atomic E-state index is 14.0. The number of aromatic nitrogens is 1. The topological polar surface area (TPSA) is 92.5 Å². The van der Waals surface area contributed by atoms with E-state index in [0.717, 1.165) is 37.8 Å². The number of carbonyl (C=O) groups is 1. The van der Waals surface area contributed by atoms with Crippen molar-refractivity contribution in [2.75, 3.05) is 13.1 Å². The molecule has 0 spiro atoms. The fourth-order valence-corrected chi connectivity index (χ4v) is 6.73. The first-order valence-electron chi connectivity index (χ1n) is 12.7. The Balaban J connectivity index is 1.41. The molecular formula is C26H33F2N3O4S. The Labute approximate surface area is 211 Å². The first-order valence-corrected chi connectivity index (χ1v) is 14.1. The van der Waals surface area contributed by atoms with Crippen LogP contribution in [0.15, 0.2) is 27.6 Å². The molecule has 7 nitrogen and oxygen atoms in total. The molecule has 1 saturated heterocycles. The first kappa shape index (κ1) is 26.5. The highest BCUT2D eigenvalue weighted by Gasteiger charge is 2.36. The summed E-state index contributed by atoms with van der Waals surface area (Å²) < 4.78 is 60.6. The number of nitrogens with zero attached hydrogens (tertiary/aromatic N) is 2. The lowest BCUT2D eigenvalue weighted by atomic mass is 9.94. The van der Waals surface area contributed by atoms with Crippen molar-refractivity contribution in [2.45, 2.75) is 75.6 Å². The van der Waals surface area contributed by atoms with Crippen molar-refractivity contribution >= 4 is 28.1 Å². The standard InChI is InChI=1S/C26H33F2N3O4S/c1-18-25(24(35-30-18)12-10-19-9-11-21(27)17-23(19)28)36(33,34)31-15-13-20(14-16-31)26(32)29-22-7-5-3-2-4-6-8-22/h9-12,17,20,22H,2-8,13-16H2,1H3,(H,29,32). The Morgan fingerprint density at radius 1 is 1.06 bits per heavy atom. The van der Waals surface area contributed by atoms with Crippen LogP contribution in [-0.2, 0) is 14.8 Å². The molecule has 0 radical (unpaired) electrons. The van der Waals surface area contributed by atoms with Crippen molar-refractivity contribution in [1.29, 1.82) is 0 Å². The summed E-state index contributed by atoms with van der Waals surface area (Å²) in [6.07, 6.45) is 11.5. The van der Waals surface area contributed by atoms with Gasteiger partial charge in [-0.3, -0.25) is 4.79 Å². The van der Waals surface area contributed by atoms with Crippen LogP contribution >= 0.6 is 0 Å². The summed E-state index contributed by atoms with van der Waals surface area (Å²) in [5.74, 6) is -1.70. The molecule has 1 aromatic heterocycles. The highest BCUT2D eigenvalue weighted by atomic mass is 32.2. The van der Waals surface area contributed by atoms with Crippen LogP contribution in [0.25, 0.3) is 12.2 Å². The molecule has 2 aromatic rings. The molecule has 2 aliphatic rings.